The van der Waals surface area contributed by atoms with E-state index in [2.05, 4.69) is 5.32 Å². The summed E-state index contributed by atoms with van der Waals surface area (Å²) in [6.45, 7) is 5.85. The lowest BCUT2D eigenvalue weighted by Crippen LogP contribution is -2.54. The molecule has 0 saturated heterocycles. The molecule has 0 heterocycles. The first kappa shape index (κ1) is 28.3. The van der Waals surface area contributed by atoms with Gasteiger partial charge in [-0.05, 0) is 61.7 Å². The van der Waals surface area contributed by atoms with Crippen LogP contribution in [-0.2, 0) is 29.0 Å². The van der Waals surface area contributed by atoms with Crippen molar-refractivity contribution in [1.82, 2.24) is 10.2 Å². The van der Waals surface area contributed by atoms with Crippen molar-refractivity contribution in [1.29, 1.82) is 0 Å². The minimum Gasteiger partial charge on any atom is -0.350 e. The zero-order valence-corrected chi connectivity index (χ0v) is 23.3. The van der Waals surface area contributed by atoms with Gasteiger partial charge < -0.3 is 10.2 Å². The second kappa shape index (κ2) is 12.3. The van der Waals surface area contributed by atoms with Crippen LogP contribution in [0.1, 0.15) is 37.5 Å². The minimum absolute atomic E-state index is 0.0616. The maximum atomic E-state index is 13.8. The van der Waals surface area contributed by atoms with E-state index in [-0.39, 0.29) is 24.8 Å². The van der Waals surface area contributed by atoms with Crippen LogP contribution >= 0.6 is 46.4 Å². The van der Waals surface area contributed by atoms with Gasteiger partial charge in [-0.3, -0.25) is 9.59 Å². The molecule has 0 fully saturated rings. The summed E-state index contributed by atoms with van der Waals surface area (Å²) in [6, 6.07) is 19.1. The van der Waals surface area contributed by atoms with Gasteiger partial charge in [-0.15, -0.1) is 0 Å². The van der Waals surface area contributed by atoms with Crippen LogP contribution in [0, 0.1) is 0 Å². The van der Waals surface area contributed by atoms with Crippen molar-refractivity contribution < 1.29 is 9.59 Å². The van der Waals surface area contributed by atoms with Crippen molar-refractivity contribution in [2.45, 2.75) is 51.7 Å². The zero-order valence-electron chi connectivity index (χ0n) is 20.3. The summed E-state index contributed by atoms with van der Waals surface area (Å²) in [5, 5.41) is 4.60. The Labute approximate surface area is 232 Å². The first-order valence-corrected chi connectivity index (χ1v) is 13.0. The molecule has 3 aromatic rings. The lowest BCUT2D eigenvalue weighted by molar-refractivity contribution is -0.141. The van der Waals surface area contributed by atoms with E-state index in [1.807, 2.05) is 51.1 Å². The monoisotopic (exact) mass is 564 g/mol. The van der Waals surface area contributed by atoms with E-state index in [4.69, 9.17) is 46.4 Å². The maximum absolute atomic E-state index is 13.8. The Morgan fingerprint density at radius 2 is 1.44 bits per heavy atom. The normalized spacial score (nSPS) is 12.2. The lowest BCUT2D eigenvalue weighted by atomic mass is 9.99. The molecule has 0 aliphatic carbocycles. The molecule has 0 aliphatic rings. The van der Waals surface area contributed by atoms with Crippen molar-refractivity contribution in [3.63, 3.8) is 0 Å². The van der Waals surface area contributed by atoms with Gasteiger partial charge in [0.2, 0.25) is 11.8 Å². The van der Waals surface area contributed by atoms with Crippen LogP contribution in [-0.4, -0.2) is 28.3 Å². The molecule has 1 N–H and O–H groups in total. The highest BCUT2D eigenvalue weighted by atomic mass is 35.5. The summed E-state index contributed by atoms with van der Waals surface area (Å²) in [5.74, 6) is -0.550. The number of carbonyl (C=O) groups is 2. The molecule has 4 nitrogen and oxygen atoms in total. The van der Waals surface area contributed by atoms with Crippen LogP contribution in [0.2, 0.25) is 20.1 Å². The highest BCUT2D eigenvalue weighted by Gasteiger charge is 2.32. The van der Waals surface area contributed by atoms with Gasteiger partial charge in [-0.2, -0.15) is 0 Å². The van der Waals surface area contributed by atoms with Gasteiger partial charge in [-0.1, -0.05) is 88.9 Å². The Bertz CT molecular complexity index is 1210. The Balaban J connectivity index is 2.05. The fourth-order valence-corrected chi connectivity index (χ4v) is 4.65. The third-order valence-corrected chi connectivity index (χ3v) is 6.94. The summed E-state index contributed by atoms with van der Waals surface area (Å²) in [6.07, 6.45) is 0.264. The van der Waals surface area contributed by atoms with E-state index in [0.29, 0.717) is 32.1 Å². The van der Waals surface area contributed by atoms with Gasteiger partial charge in [0.05, 0.1) is 16.5 Å². The number of nitrogens with zero attached hydrogens (tertiary/aromatic N) is 1. The van der Waals surface area contributed by atoms with Crippen LogP contribution < -0.4 is 5.32 Å². The van der Waals surface area contributed by atoms with Crippen molar-refractivity contribution >= 4 is 58.2 Å². The summed E-state index contributed by atoms with van der Waals surface area (Å²) in [5.41, 5.74) is 1.69. The minimum atomic E-state index is -0.796. The van der Waals surface area contributed by atoms with E-state index in [1.165, 1.54) is 0 Å². The predicted molar refractivity (Wildman–Crippen MR) is 149 cm³/mol. The number of carbonyl (C=O) groups excluding carboxylic acids is 2. The van der Waals surface area contributed by atoms with Gasteiger partial charge in [-0.25, -0.2) is 0 Å². The van der Waals surface area contributed by atoms with Crippen molar-refractivity contribution in [3.8, 4) is 0 Å². The maximum Gasteiger partial charge on any atom is 0.243 e. The number of halogens is 4. The lowest BCUT2D eigenvalue weighted by Gasteiger charge is -2.34. The van der Waals surface area contributed by atoms with E-state index >= 15 is 0 Å². The van der Waals surface area contributed by atoms with Crippen LogP contribution in [0.5, 0.6) is 0 Å². The number of hydrogen-bond acceptors (Lipinski definition) is 2. The summed E-state index contributed by atoms with van der Waals surface area (Å²) >= 11 is 25.1. The third kappa shape index (κ3) is 7.88. The second-order valence-electron chi connectivity index (χ2n) is 9.59. The summed E-state index contributed by atoms with van der Waals surface area (Å²) in [7, 11) is 0. The summed E-state index contributed by atoms with van der Waals surface area (Å²) < 4.78 is 0. The van der Waals surface area contributed by atoms with Gasteiger partial charge in [0.15, 0.2) is 0 Å². The number of amides is 2. The molecule has 0 unspecified atom stereocenters. The molecule has 1 atom stereocenters. The molecule has 36 heavy (non-hydrogen) atoms. The van der Waals surface area contributed by atoms with Crippen molar-refractivity contribution in [2.24, 2.45) is 0 Å². The smallest absolute Gasteiger partial charge is 0.243 e. The van der Waals surface area contributed by atoms with E-state index in [9.17, 15) is 9.59 Å². The predicted octanol–water partition coefficient (Wildman–Crippen LogP) is 7.40. The second-order valence-corrected chi connectivity index (χ2v) is 11.2. The average Bonchev–Trinajstić information content (AvgIpc) is 2.80. The third-order valence-electron chi connectivity index (χ3n) is 5.50. The van der Waals surface area contributed by atoms with Gasteiger partial charge in [0.25, 0.3) is 0 Å². The Morgan fingerprint density at radius 3 is 2.03 bits per heavy atom. The Morgan fingerprint density at radius 1 is 0.806 bits per heavy atom. The Kier molecular flexibility index (Phi) is 9.71. The van der Waals surface area contributed by atoms with Crippen LogP contribution in [0.4, 0.5) is 0 Å². The van der Waals surface area contributed by atoms with Crippen molar-refractivity contribution in [3.05, 3.63) is 104 Å². The first-order valence-electron chi connectivity index (χ1n) is 11.5. The number of nitrogens with one attached hydrogen (secondary N) is 1. The number of benzene rings is 3. The first-order chi connectivity index (χ1) is 16.9. The molecule has 2 amide bonds. The largest absolute Gasteiger partial charge is 0.350 e. The molecular weight excluding hydrogens is 538 g/mol. The molecule has 0 aliphatic heterocycles. The molecule has 8 heteroatoms. The molecular formula is C28H28Cl4N2O2. The average molecular weight is 566 g/mol. The molecule has 0 radical (unpaired) electrons. The molecule has 3 rings (SSSR count). The Hall–Kier alpha value is -2.24. The fraction of sp³-hybridized carbons (Fsp3) is 0.286. The van der Waals surface area contributed by atoms with Crippen LogP contribution in [0.25, 0.3) is 0 Å². The van der Waals surface area contributed by atoms with Gasteiger partial charge in [0.1, 0.15) is 6.04 Å². The highest BCUT2D eigenvalue weighted by Crippen LogP contribution is 2.28. The van der Waals surface area contributed by atoms with Crippen LogP contribution in [0.15, 0.2) is 66.7 Å². The fourth-order valence-electron chi connectivity index (χ4n) is 3.80. The van der Waals surface area contributed by atoms with E-state index in [1.54, 1.807) is 41.3 Å². The summed E-state index contributed by atoms with van der Waals surface area (Å²) in [4.78, 5) is 29.0. The highest BCUT2D eigenvalue weighted by molar-refractivity contribution is 6.42. The number of rotatable bonds is 8. The number of hydrogen-bond donors (Lipinski definition) is 1. The standard InChI is InChI=1S/C28H28Cl4N2O2/c1-28(2,3)33-27(36)25(15-18-8-5-4-6-9-18)34(17-19-12-13-23(31)24(32)14-19)26(35)16-20-21(29)10-7-11-22(20)30/h4-14,25H,15-17H2,1-3H3,(H,33,36)/t25-/m1/s1. The zero-order chi connectivity index (χ0) is 26.5. The molecule has 0 aromatic heterocycles. The van der Waals surface area contributed by atoms with Gasteiger partial charge in [0, 0.05) is 28.5 Å². The van der Waals surface area contributed by atoms with Crippen molar-refractivity contribution in [2.75, 3.05) is 0 Å². The topological polar surface area (TPSA) is 49.4 Å². The SMILES string of the molecule is CC(C)(C)NC(=O)[C@@H](Cc1ccccc1)N(Cc1ccc(Cl)c(Cl)c1)C(=O)Cc1c(Cl)cccc1Cl. The van der Waals surface area contributed by atoms with Crippen LogP contribution in [0.3, 0.4) is 0 Å². The van der Waals surface area contributed by atoms with Gasteiger partial charge >= 0.3 is 0 Å². The quantitative estimate of drug-likeness (QED) is 0.309. The molecule has 0 spiro atoms. The molecule has 0 saturated carbocycles. The molecule has 0 bridgehead atoms. The van der Waals surface area contributed by atoms with E-state index in [0.717, 1.165) is 11.1 Å². The van der Waals surface area contributed by atoms with E-state index < -0.39 is 11.6 Å². The molecule has 190 valence electrons. The molecule has 3 aromatic carbocycles.